The summed E-state index contributed by atoms with van der Waals surface area (Å²) in [5.74, 6) is -1.39. The molecular formula is C25H21NO5. The summed E-state index contributed by atoms with van der Waals surface area (Å²) < 4.78 is 5.23. The van der Waals surface area contributed by atoms with E-state index in [2.05, 4.69) is 5.32 Å². The van der Waals surface area contributed by atoms with Gasteiger partial charge in [-0.1, -0.05) is 42.5 Å². The molecule has 0 bridgehead atoms. The molecule has 31 heavy (non-hydrogen) atoms. The van der Waals surface area contributed by atoms with E-state index in [4.69, 9.17) is 4.74 Å². The Morgan fingerprint density at radius 3 is 1.81 bits per heavy atom. The third-order valence-electron chi connectivity index (χ3n) is 4.63. The van der Waals surface area contributed by atoms with Crippen molar-refractivity contribution in [3.05, 3.63) is 101 Å². The lowest BCUT2D eigenvalue weighted by atomic mass is 10.0. The van der Waals surface area contributed by atoms with Crippen LogP contribution >= 0.6 is 0 Å². The lowest BCUT2D eigenvalue weighted by Crippen LogP contribution is -2.30. The van der Waals surface area contributed by atoms with E-state index in [0.29, 0.717) is 22.4 Å². The Balaban J connectivity index is 1.59. The molecule has 1 N–H and O–H groups in total. The first-order valence-electron chi connectivity index (χ1n) is 9.68. The van der Waals surface area contributed by atoms with Gasteiger partial charge in [-0.25, -0.2) is 4.79 Å². The van der Waals surface area contributed by atoms with E-state index in [1.54, 1.807) is 60.7 Å². The number of hydrogen-bond acceptors (Lipinski definition) is 5. The van der Waals surface area contributed by atoms with Crippen LogP contribution in [0.15, 0.2) is 78.9 Å². The van der Waals surface area contributed by atoms with E-state index >= 15 is 0 Å². The minimum Gasteiger partial charge on any atom is -0.449 e. The van der Waals surface area contributed by atoms with E-state index in [1.807, 2.05) is 6.07 Å². The number of carbonyl (C=O) groups excluding carboxylic acids is 4. The molecule has 6 nitrogen and oxygen atoms in total. The summed E-state index contributed by atoms with van der Waals surface area (Å²) in [5, 5.41) is 2.63. The number of ether oxygens (including phenoxy) is 1. The highest BCUT2D eigenvalue weighted by Crippen LogP contribution is 2.14. The average Bonchev–Trinajstić information content (AvgIpc) is 2.79. The maximum atomic E-state index is 12.4. The number of amides is 1. The Hall–Kier alpha value is -4.06. The summed E-state index contributed by atoms with van der Waals surface area (Å²) in [6.45, 7) is 2.92. The van der Waals surface area contributed by atoms with Gasteiger partial charge in [0.2, 0.25) is 0 Å². The van der Waals surface area contributed by atoms with Crippen LogP contribution in [0.25, 0.3) is 0 Å². The van der Waals surface area contributed by atoms with Crippen molar-refractivity contribution < 1.29 is 23.9 Å². The third kappa shape index (κ3) is 5.51. The van der Waals surface area contributed by atoms with Gasteiger partial charge in [-0.2, -0.15) is 0 Å². The first-order chi connectivity index (χ1) is 14.8. The topological polar surface area (TPSA) is 89.5 Å². The average molecular weight is 415 g/mol. The molecule has 0 aromatic heterocycles. The van der Waals surface area contributed by atoms with Crippen molar-refractivity contribution in [1.29, 1.82) is 0 Å². The summed E-state index contributed by atoms with van der Waals surface area (Å²) in [6, 6.07) is 21.3. The molecule has 1 atom stereocenters. The smallest absolute Gasteiger partial charge is 0.338 e. The number of benzene rings is 3. The fourth-order valence-corrected chi connectivity index (χ4v) is 2.83. The molecule has 0 heterocycles. The van der Waals surface area contributed by atoms with Gasteiger partial charge in [-0.05, 0) is 50.2 Å². The Labute approximate surface area is 179 Å². The van der Waals surface area contributed by atoms with Crippen LogP contribution in [0.2, 0.25) is 0 Å². The minimum atomic E-state index is -1.04. The van der Waals surface area contributed by atoms with Gasteiger partial charge >= 0.3 is 5.97 Å². The zero-order valence-corrected chi connectivity index (χ0v) is 17.1. The Morgan fingerprint density at radius 2 is 1.23 bits per heavy atom. The number of anilines is 1. The largest absolute Gasteiger partial charge is 0.449 e. The number of hydrogen-bond donors (Lipinski definition) is 1. The molecule has 1 amide bonds. The SMILES string of the molecule is CC(=O)c1ccc(NC(=O)[C@H](C)OC(=O)c2ccc(C(=O)c3ccccc3)cc2)cc1. The third-order valence-corrected chi connectivity index (χ3v) is 4.63. The zero-order chi connectivity index (χ0) is 22.4. The molecular weight excluding hydrogens is 394 g/mol. The maximum absolute atomic E-state index is 12.4. The molecule has 3 aromatic rings. The van der Waals surface area contributed by atoms with Gasteiger partial charge in [0.25, 0.3) is 5.91 Å². The fraction of sp³-hybridized carbons (Fsp3) is 0.120. The molecule has 3 aromatic carbocycles. The standard InChI is InChI=1S/C25H21NO5/c1-16(27)18-12-14-22(15-13-18)26-24(29)17(2)31-25(30)21-10-8-20(9-11-21)23(28)19-6-4-3-5-7-19/h3-15,17H,1-2H3,(H,26,29)/t17-/m0/s1. The van der Waals surface area contributed by atoms with Crippen molar-refractivity contribution in [2.75, 3.05) is 5.32 Å². The Morgan fingerprint density at radius 1 is 0.710 bits per heavy atom. The molecule has 0 saturated heterocycles. The molecule has 156 valence electrons. The number of carbonyl (C=O) groups is 4. The monoisotopic (exact) mass is 415 g/mol. The molecule has 0 saturated carbocycles. The lowest BCUT2D eigenvalue weighted by molar-refractivity contribution is -0.123. The van der Waals surface area contributed by atoms with Crippen molar-refractivity contribution in [2.45, 2.75) is 20.0 Å². The normalized spacial score (nSPS) is 11.3. The molecule has 0 aliphatic carbocycles. The van der Waals surface area contributed by atoms with Crippen molar-refractivity contribution in [1.82, 2.24) is 0 Å². The quantitative estimate of drug-likeness (QED) is 0.459. The van der Waals surface area contributed by atoms with E-state index in [0.717, 1.165) is 0 Å². The molecule has 3 rings (SSSR count). The van der Waals surface area contributed by atoms with Crippen LogP contribution < -0.4 is 5.32 Å². The van der Waals surface area contributed by atoms with Crippen LogP contribution in [0.3, 0.4) is 0 Å². The first kappa shape index (κ1) is 21.6. The van der Waals surface area contributed by atoms with Gasteiger partial charge in [0.1, 0.15) is 0 Å². The fourth-order valence-electron chi connectivity index (χ4n) is 2.83. The van der Waals surface area contributed by atoms with Crippen LogP contribution in [-0.4, -0.2) is 29.5 Å². The number of esters is 1. The molecule has 0 radical (unpaired) electrons. The summed E-state index contributed by atoms with van der Waals surface area (Å²) in [4.78, 5) is 48.4. The van der Waals surface area contributed by atoms with Gasteiger partial charge in [-0.3, -0.25) is 14.4 Å². The Kier molecular flexibility index (Phi) is 6.72. The van der Waals surface area contributed by atoms with E-state index in [9.17, 15) is 19.2 Å². The van der Waals surface area contributed by atoms with Crippen LogP contribution in [0.5, 0.6) is 0 Å². The predicted octanol–water partition coefficient (Wildman–Crippen LogP) is 4.30. The van der Waals surface area contributed by atoms with Crippen LogP contribution in [0.4, 0.5) is 5.69 Å². The maximum Gasteiger partial charge on any atom is 0.338 e. The van der Waals surface area contributed by atoms with Crippen molar-refractivity contribution in [2.24, 2.45) is 0 Å². The highest BCUT2D eigenvalue weighted by atomic mass is 16.5. The van der Waals surface area contributed by atoms with Gasteiger partial charge in [0, 0.05) is 22.4 Å². The minimum absolute atomic E-state index is 0.0725. The second kappa shape index (κ2) is 9.63. The summed E-state index contributed by atoms with van der Waals surface area (Å²) in [7, 11) is 0. The van der Waals surface area contributed by atoms with Crippen molar-refractivity contribution in [3.63, 3.8) is 0 Å². The molecule has 0 aliphatic rings. The van der Waals surface area contributed by atoms with Crippen molar-refractivity contribution >= 4 is 29.1 Å². The highest BCUT2D eigenvalue weighted by Gasteiger charge is 2.19. The number of Topliss-reactive ketones (excluding diaryl/α,β-unsaturated/α-hetero) is 1. The predicted molar refractivity (Wildman–Crippen MR) is 116 cm³/mol. The van der Waals surface area contributed by atoms with Gasteiger partial charge in [0.05, 0.1) is 5.56 Å². The van der Waals surface area contributed by atoms with E-state index in [-0.39, 0.29) is 17.1 Å². The van der Waals surface area contributed by atoms with Gasteiger partial charge < -0.3 is 10.1 Å². The molecule has 0 fully saturated rings. The van der Waals surface area contributed by atoms with Crippen LogP contribution in [-0.2, 0) is 9.53 Å². The van der Waals surface area contributed by atoms with Crippen LogP contribution in [0.1, 0.15) is 50.5 Å². The summed E-state index contributed by atoms with van der Waals surface area (Å²) in [5.41, 5.74) is 2.26. The zero-order valence-electron chi connectivity index (χ0n) is 17.1. The number of ketones is 2. The van der Waals surface area contributed by atoms with E-state index in [1.165, 1.54) is 26.0 Å². The summed E-state index contributed by atoms with van der Waals surface area (Å²) in [6.07, 6.45) is -1.04. The lowest BCUT2D eigenvalue weighted by Gasteiger charge is -2.14. The van der Waals surface area contributed by atoms with Crippen molar-refractivity contribution in [3.8, 4) is 0 Å². The second-order valence-electron chi connectivity index (χ2n) is 6.94. The van der Waals surface area contributed by atoms with Gasteiger partial charge in [0.15, 0.2) is 17.7 Å². The second-order valence-corrected chi connectivity index (χ2v) is 6.94. The molecule has 0 aliphatic heterocycles. The molecule has 0 spiro atoms. The molecule has 6 heteroatoms. The first-order valence-corrected chi connectivity index (χ1v) is 9.68. The molecule has 0 unspecified atom stereocenters. The van der Waals surface area contributed by atoms with Gasteiger partial charge in [-0.15, -0.1) is 0 Å². The number of nitrogens with one attached hydrogen (secondary N) is 1. The number of rotatable bonds is 7. The van der Waals surface area contributed by atoms with E-state index < -0.39 is 18.0 Å². The summed E-state index contributed by atoms with van der Waals surface area (Å²) >= 11 is 0. The van der Waals surface area contributed by atoms with Crippen LogP contribution in [0, 0.1) is 0 Å². The highest BCUT2D eigenvalue weighted by molar-refractivity contribution is 6.09. The Bertz CT molecular complexity index is 1100.